The normalized spacial score (nSPS) is 15.3. The zero-order valence-electron chi connectivity index (χ0n) is 24.5. The second-order valence-corrected chi connectivity index (χ2v) is 10.4. The van der Waals surface area contributed by atoms with Gasteiger partial charge < -0.3 is 25.2 Å². The highest BCUT2D eigenvalue weighted by molar-refractivity contribution is 6.08. The summed E-state index contributed by atoms with van der Waals surface area (Å²) in [6, 6.07) is 18.0. The van der Waals surface area contributed by atoms with Crippen LogP contribution < -0.4 is 20.4 Å². The summed E-state index contributed by atoms with van der Waals surface area (Å²) in [5, 5.41) is 7.91. The molecule has 1 aliphatic rings. The van der Waals surface area contributed by atoms with Gasteiger partial charge in [0, 0.05) is 12.8 Å². The summed E-state index contributed by atoms with van der Waals surface area (Å²) in [6.07, 6.45) is 1.43. The zero-order valence-corrected chi connectivity index (χ0v) is 25.3. The number of nitrogens with zero attached hydrogens (tertiary/aromatic N) is 2. The molecule has 10 heteroatoms. The molecule has 2 unspecified atom stereocenters. The molecule has 0 spiro atoms. The molecule has 0 saturated carbocycles. The Morgan fingerprint density at radius 2 is 1.64 bits per heavy atom. The Kier molecular flexibility index (Phi) is 11.5. The lowest BCUT2D eigenvalue weighted by atomic mass is 9.99. The van der Waals surface area contributed by atoms with Crippen molar-refractivity contribution in [2.45, 2.75) is 58.2 Å². The maximum atomic E-state index is 14.2. The average molecular weight is 595 g/mol. The van der Waals surface area contributed by atoms with Gasteiger partial charge in [-0.15, -0.1) is 12.4 Å². The topological polar surface area (TPSA) is 108 Å². The summed E-state index contributed by atoms with van der Waals surface area (Å²) in [6.45, 7) is 4.01. The van der Waals surface area contributed by atoms with E-state index >= 15 is 0 Å². The van der Waals surface area contributed by atoms with Gasteiger partial charge in [-0.3, -0.25) is 19.2 Å². The number of anilines is 2. The molecule has 0 fully saturated rings. The van der Waals surface area contributed by atoms with Gasteiger partial charge in [0.2, 0.25) is 11.8 Å². The maximum Gasteiger partial charge on any atom is 0.305 e. The Labute approximate surface area is 253 Å². The van der Waals surface area contributed by atoms with Gasteiger partial charge in [0.15, 0.2) is 0 Å². The molecular formula is C32H39ClN4O5. The largest absolute Gasteiger partial charge is 0.469 e. The summed E-state index contributed by atoms with van der Waals surface area (Å²) in [5.41, 5.74) is 3.25. The number of unbranched alkanes of at least 4 members (excludes halogenated alkanes) is 1. The molecule has 2 atom stereocenters. The number of carbonyl (C=O) groups excluding carboxylic acids is 4. The third kappa shape index (κ3) is 7.27. The van der Waals surface area contributed by atoms with E-state index in [2.05, 4.69) is 16.7 Å². The fraction of sp³-hybridized carbons (Fsp3) is 0.375. The summed E-state index contributed by atoms with van der Waals surface area (Å²) in [7, 11) is 3.02. The Balaban J connectivity index is 0.00000484. The predicted octanol–water partition coefficient (Wildman–Crippen LogP) is 4.28. The van der Waals surface area contributed by atoms with Crippen LogP contribution in [-0.4, -0.2) is 56.5 Å². The minimum absolute atomic E-state index is 0. The van der Waals surface area contributed by atoms with Crippen LogP contribution in [0.5, 0.6) is 0 Å². The first-order valence-corrected chi connectivity index (χ1v) is 14.0. The first-order valence-electron chi connectivity index (χ1n) is 14.0. The van der Waals surface area contributed by atoms with E-state index in [0.29, 0.717) is 24.2 Å². The zero-order chi connectivity index (χ0) is 29.5. The lowest BCUT2D eigenvalue weighted by molar-refractivity contribution is -0.140. The van der Waals surface area contributed by atoms with Gasteiger partial charge >= 0.3 is 5.97 Å². The number of benzene rings is 3. The predicted molar refractivity (Wildman–Crippen MR) is 167 cm³/mol. The number of fused-ring (bicyclic) bond motifs is 2. The van der Waals surface area contributed by atoms with Crippen molar-refractivity contribution in [3.05, 3.63) is 71.8 Å². The Bertz CT molecular complexity index is 1450. The first-order chi connectivity index (χ1) is 19.7. The van der Waals surface area contributed by atoms with Crippen molar-refractivity contribution >= 4 is 58.2 Å². The molecule has 9 nitrogen and oxygen atoms in total. The summed E-state index contributed by atoms with van der Waals surface area (Å²) >= 11 is 0. The molecule has 224 valence electrons. The molecular weight excluding hydrogens is 556 g/mol. The van der Waals surface area contributed by atoms with Crippen molar-refractivity contribution in [1.29, 1.82) is 0 Å². The van der Waals surface area contributed by atoms with Gasteiger partial charge in [0.1, 0.15) is 6.04 Å². The van der Waals surface area contributed by atoms with Gasteiger partial charge in [0.25, 0.3) is 5.91 Å². The summed E-state index contributed by atoms with van der Waals surface area (Å²) in [5.74, 6) is -1.12. The lowest BCUT2D eigenvalue weighted by Gasteiger charge is -2.27. The van der Waals surface area contributed by atoms with Crippen LogP contribution in [0.25, 0.3) is 10.8 Å². The van der Waals surface area contributed by atoms with Crippen molar-refractivity contribution in [3.63, 3.8) is 0 Å². The second-order valence-electron chi connectivity index (χ2n) is 10.4. The maximum absolute atomic E-state index is 14.2. The van der Waals surface area contributed by atoms with Crippen molar-refractivity contribution in [3.8, 4) is 0 Å². The number of aryl methyl sites for hydroxylation is 1. The van der Waals surface area contributed by atoms with E-state index in [1.165, 1.54) is 7.11 Å². The second kappa shape index (κ2) is 14.8. The van der Waals surface area contributed by atoms with Gasteiger partial charge in [0.05, 0.1) is 37.6 Å². The molecule has 42 heavy (non-hydrogen) atoms. The number of esters is 1. The number of nitrogens with one attached hydrogen (secondary N) is 2. The van der Waals surface area contributed by atoms with E-state index in [-0.39, 0.29) is 62.0 Å². The smallest absolute Gasteiger partial charge is 0.305 e. The van der Waals surface area contributed by atoms with Crippen molar-refractivity contribution in [2.24, 2.45) is 0 Å². The van der Waals surface area contributed by atoms with Gasteiger partial charge in [-0.1, -0.05) is 48.5 Å². The van der Waals surface area contributed by atoms with Crippen LogP contribution in [0.3, 0.4) is 0 Å². The molecule has 3 aromatic rings. The highest BCUT2D eigenvalue weighted by atomic mass is 35.5. The van der Waals surface area contributed by atoms with Crippen molar-refractivity contribution < 1.29 is 23.9 Å². The molecule has 0 aromatic heterocycles. The number of amides is 3. The number of halogens is 1. The number of carbonyl (C=O) groups is 4. The van der Waals surface area contributed by atoms with Crippen LogP contribution in [0.4, 0.5) is 11.4 Å². The lowest BCUT2D eigenvalue weighted by Crippen LogP contribution is -2.55. The van der Waals surface area contributed by atoms with E-state index in [1.54, 1.807) is 23.8 Å². The van der Waals surface area contributed by atoms with E-state index in [4.69, 9.17) is 4.74 Å². The van der Waals surface area contributed by atoms with E-state index < -0.39 is 12.1 Å². The van der Waals surface area contributed by atoms with Crippen molar-refractivity contribution in [1.82, 2.24) is 10.6 Å². The van der Waals surface area contributed by atoms with Crippen LogP contribution in [0, 0.1) is 6.92 Å². The number of ether oxygens (including phenoxy) is 1. The number of rotatable bonds is 10. The average Bonchev–Trinajstić information content (AvgIpc) is 3.10. The van der Waals surface area contributed by atoms with Crippen LogP contribution >= 0.6 is 12.4 Å². The molecule has 0 bridgehead atoms. The van der Waals surface area contributed by atoms with Crippen LogP contribution in [0.1, 0.15) is 43.7 Å². The quantitative estimate of drug-likeness (QED) is 0.268. The Morgan fingerprint density at radius 3 is 2.36 bits per heavy atom. The Morgan fingerprint density at radius 1 is 0.976 bits per heavy atom. The monoisotopic (exact) mass is 594 g/mol. The molecule has 3 amide bonds. The van der Waals surface area contributed by atoms with E-state index in [0.717, 1.165) is 21.9 Å². The molecule has 4 rings (SSSR count). The standard InChI is InChI=1S/C32H38N4O5.ClH/c1-21-17-18-23-11-5-6-12-24(23)25(21)19-36-28-14-8-7-13-27(28)35(29(37)15-9-10-16-30(38)41-4)20-26(32(36)40)34-31(39)22(2)33-3;/h5-8,11-14,17-18,22,26,33H,9-10,15-16,19-20H2,1-4H3,(H,34,39);1H. The summed E-state index contributed by atoms with van der Waals surface area (Å²) < 4.78 is 4.70. The number of para-hydroxylation sites is 2. The van der Waals surface area contributed by atoms with Crippen LogP contribution in [-0.2, 0) is 30.5 Å². The fourth-order valence-electron chi connectivity index (χ4n) is 5.12. The third-order valence-electron chi connectivity index (χ3n) is 7.68. The fourth-order valence-corrected chi connectivity index (χ4v) is 5.12. The van der Waals surface area contributed by atoms with Crippen LogP contribution in [0.2, 0.25) is 0 Å². The van der Waals surface area contributed by atoms with E-state index in [1.807, 2.05) is 61.5 Å². The van der Waals surface area contributed by atoms with Gasteiger partial charge in [-0.05, 0) is 67.8 Å². The molecule has 1 heterocycles. The SMILES string of the molecule is CNC(C)C(=O)NC1CN(C(=O)CCCCC(=O)OC)c2ccccc2N(Cc2c(C)ccc3ccccc23)C1=O.Cl. The van der Waals surface area contributed by atoms with Crippen LogP contribution in [0.15, 0.2) is 60.7 Å². The molecule has 3 aromatic carbocycles. The summed E-state index contributed by atoms with van der Waals surface area (Å²) in [4.78, 5) is 55.6. The molecule has 0 radical (unpaired) electrons. The Hall–Kier alpha value is -3.95. The number of likely N-dealkylation sites (N-methyl/N-ethyl adjacent to an activating group) is 1. The number of hydrogen-bond donors (Lipinski definition) is 2. The third-order valence-corrected chi connectivity index (χ3v) is 7.68. The first kappa shape index (κ1) is 32.6. The van der Waals surface area contributed by atoms with E-state index in [9.17, 15) is 19.2 Å². The van der Waals surface area contributed by atoms with Crippen molar-refractivity contribution in [2.75, 3.05) is 30.5 Å². The molecule has 1 aliphatic heterocycles. The number of hydrogen-bond acceptors (Lipinski definition) is 6. The van der Waals surface area contributed by atoms with Gasteiger partial charge in [-0.25, -0.2) is 0 Å². The highest BCUT2D eigenvalue weighted by Gasteiger charge is 2.37. The number of methoxy groups -OCH3 is 1. The highest BCUT2D eigenvalue weighted by Crippen LogP contribution is 2.36. The minimum atomic E-state index is -0.958. The van der Waals surface area contributed by atoms with Gasteiger partial charge in [-0.2, -0.15) is 0 Å². The molecule has 0 saturated heterocycles. The molecule has 0 aliphatic carbocycles. The minimum Gasteiger partial charge on any atom is -0.469 e. The molecule has 2 N–H and O–H groups in total.